The smallest absolute Gasteiger partial charge is 0.242 e. The van der Waals surface area contributed by atoms with Crippen molar-refractivity contribution in [2.24, 2.45) is 0 Å². The second-order valence-corrected chi connectivity index (χ2v) is 8.96. The van der Waals surface area contributed by atoms with Crippen LogP contribution in [0.2, 0.25) is 0 Å². The molecule has 2 rings (SSSR count). The molecular weight excluding hydrogens is 376 g/mol. The predicted molar refractivity (Wildman–Crippen MR) is 121 cm³/mol. The Hall–Kier alpha value is -2.82. The largest absolute Gasteiger partial charge is 0.497 e. The van der Waals surface area contributed by atoms with Crippen LogP contribution in [0.25, 0.3) is 0 Å². The zero-order chi connectivity index (χ0) is 22.5. The summed E-state index contributed by atoms with van der Waals surface area (Å²) in [4.78, 5) is 27.8. The fourth-order valence-corrected chi connectivity index (χ4v) is 3.47. The summed E-state index contributed by atoms with van der Waals surface area (Å²) >= 11 is 0. The average Bonchev–Trinajstić information content (AvgIpc) is 2.63. The molecule has 0 unspecified atom stereocenters. The van der Waals surface area contributed by atoms with Gasteiger partial charge in [-0.2, -0.15) is 0 Å². The van der Waals surface area contributed by atoms with Crippen LogP contribution in [-0.2, 0) is 22.6 Å². The molecular formula is C25H34N2O3. The molecule has 30 heavy (non-hydrogen) atoms. The molecule has 0 aliphatic heterocycles. The van der Waals surface area contributed by atoms with Crippen molar-refractivity contribution in [3.8, 4) is 5.75 Å². The van der Waals surface area contributed by atoms with E-state index in [1.807, 2.05) is 71.0 Å². The third-order valence-electron chi connectivity index (χ3n) is 4.79. The van der Waals surface area contributed by atoms with Crippen LogP contribution in [0.5, 0.6) is 5.75 Å². The summed E-state index contributed by atoms with van der Waals surface area (Å²) in [6.07, 6.45) is 0.250. The van der Waals surface area contributed by atoms with E-state index in [-0.39, 0.29) is 23.8 Å². The van der Waals surface area contributed by atoms with Crippen molar-refractivity contribution in [1.82, 2.24) is 10.2 Å². The molecule has 2 aromatic rings. The number of nitrogens with zero attached hydrogens (tertiary/aromatic N) is 1. The highest BCUT2D eigenvalue weighted by Gasteiger charge is 2.28. The number of nitrogens with one attached hydrogen (secondary N) is 1. The third kappa shape index (κ3) is 6.90. The highest BCUT2D eigenvalue weighted by molar-refractivity contribution is 5.88. The van der Waals surface area contributed by atoms with Crippen LogP contribution in [0.3, 0.4) is 0 Å². The number of ether oxygens (including phenoxy) is 1. The van der Waals surface area contributed by atoms with Crippen LogP contribution >= 0.6 is 0 Å². The number of hydrogen-bond acceptors (Lipinski definition) is 3. The Morgan fingerprint density at radius 1 is 1.03 bits per heavy atom. The topological polar surface area (TPSA) is 58.6 Å². The number of hydrogen-bond donors (Lipinski definition) is 1. The second kappa shape index (κ2) is 9.79. The van der Waals surface area contributed by atoms with Gasteiger partial charge < -0.3 is 15.0 Å². The maximum atomic E-state index is 13.3. The Morgan fingerprint density at radius 2 is 1.67 bits per heavy atom. The van der Waals surface area contributed by atoms with Gasteiger partial charge in [-0.05, 0) is 64.8 Å². The molecule has 2 amide bonds. The Kier molecular flexibility index (Phi) is 7.65. The molecule has 2 aromatic carbocycles. The number of rotatable bonds is 7. The quantitative estimate of drug-likeness (QED) is 0.745. The molecule has 0 aliphatic carbocycles. The lowest BCUT2D eigenvalue weighted by molar-refractivity contribution is -0.140. The van der Waals surface area contributed by atoms with Crippen LogP contribution in [0, 0.1) is 13.8 Å². The van der Waals surface area contributed by atoms with Gasteiger partial charge in [-0.3, -0.25) is 9.59 Å². The summed E-state index contributed by atoms with van der Waals surface area (Å²) < 4.78 is 5.31. The van der Waals surface area contributed by atoms with Crippen LogP contribution in [-0.4, -0.2) is 35.4 Å². The molecule has 0 heterocycles. The Labute approximate surface area is 180 Å². The van der Waals surface area contributed by atoms with Gasteiger partial charge >= 0.3 is 0 Å². The van der Waals surface area contributed by atoms with Crippen molar-refractivity contribution in [3.05, 3.63) is 64.7 Å². The fourth-order valence-electron chi connectivity index (χ4n) is 3.47. The van der Waals surface area contributed by atoms with Crippen molar-refractivity contribution < 1.29 is 14.3 Å². The SMILES string of the molecule is COc1cccc(CN(C(=O)Cc2cc(C)cc(C)c2)[C@@H](C)C(=O)NC(C)(C)C)c1. The molecule has 0 fully saturated rings. The Bertz CT molecular complexity index is 879. The van der Waals surface area contributed by atoms with E-state index in [1.165, 1.54) is 0 Å². The van der Waals surface area contributed by atoms with Crippen LogP contribution in [0.1, 0.15) is 49.9 Å². The van der Waals surface area contributed by atoms with E-state index in [9.17, 15) is 9.59 Å². The Morgan fingerprint density at radius 3 is 2.23 bits per heavy atom. The van der Waals surface area contributed by atoms with Gasteiger partial charge in [0.25, 0.3) is 0 Å². The van der Waals surface area contributed by atoms with E-state index in [0.29, 0.717) is 6.54 Å². The summed E-state index contributed by atoms with van der Waals surface area (Å²) in [5.41, 5.74) is 3.74. The summed E-state index contributed by atoms with van der Waals surface area (Å²) in [5, 5.41) is 2.99. The van der Waals surface area contributed by atoms with Gasteiger partial charge in [0, 0.05) is 12.1 Å². The highest BCUT2D eigenvalue weighted by atomic mass is 16.5. The van der Waals surface area contributed by atoms with Gasteiger partial charge in [0.05, 0.1) is 13.5 Å². The van der Waals surface area contributed by atoms with Crippen molar-refractivity contribution in [2.45, 2.75) is 66.1 Å². The maximum absolute atomic E-state index is 13.3. The molecule has 1 atom stereocenters. The van der Waals surface area contributed by atoms with Crippen molar-refractivity contribution in [1.29, 1.82) is 0 Å². The molecule has 0 aromatic heterocycles. The van der Waals surface area contributed by atoms with E-state index >= 15 is 0 Å². The highest BCUT2D eigenvalue weighted by Crippen LogP contribution is 2.18. The van der Waals surface area contributed by atoms with Crippen LogP contribution in [0.15, 0.2) is 42.5 Å². The zero-order valence-electron chi connectivity index (χ0n) is 19.2. The summed E-state index contributed by atoms with van der Waals surface area (Å²) in [6.45, 7) is 12.0. The standard InChI is InChI=1S/C25H34N2O3/c1-17-11-18(2)13-21(12-17)15-23(28)27(19(3)24(29)26-25(4,5)6)16-20-9-8-10-22(14-20)30-7/h8-14,19H,15-16H2,1-7H3,(H,26,29)/t19-/m0/s1. The summed E-state index contributed by atoms with van der Waals surface area (Å²) in [5.74, 6) is 0.472. The first-order valence-corrected chi connectivity index (χ1v) is 10.3. The first-order valence-electron chi connectivity index (χ1n) is 10.3. The van der Waals surface area contributed by atoms with Gasteiger partial charge in [0.1, 0.15) is 11.8 Å². The lowest BCUT2D eigenvalue weighted by Crippen LogP contribution is -2.52. The minimum absolute atomic E-state index is 0.0839. The predicted octanol–water partition coefficient (Wildman–Crippen LogP) is 4.19. The van der Waals surface area contributed by atoms with Crippen molar-refractivity contribution >= 4 is 11.8 Å². The molecule has 0 aliphatic rings. The van der Waals surface area contributed by atoms with Gasteiger partial charge in [0.15, 0.2) is 0 Å². The van der Waals surface area contributed by atoms with E-state index in [1.54, 1.807) is 18.9 Å². The molecule has 0 bridgehead atoms. The molecule has 162 valence electrons. The molecule has 0 saturated carbocycles. The number of amides is 2. The van der Waals surface area contributed by atoms with Crippen LogP contribution in [0.4, 0.5) is 0 Å². The number of carbonyl (C=O) groups excluding carboxylic acids is 2. The molecule has 5 nitrogen and oxygen atoms in total. The minimum Gasteiger partial charge on any atom is -0.497 e. The van der Waals surface area contributed by atoms with Gasteiger partial charge in [-0.25, -0.2) is 0 Å². The van der Waals surface area contributed by atoms with Crippen LogP contribution < -0.4 is 10.1 Å². The second-order valence-electron chi connectivity index (χ2n) is 8.96. The molecule has 0 saturated heterocycles. The van der Waals surface area contributed by atoms with Gasteiger partial charge in [0.2, 0.25) is 11.8 Å². The first-order chi connectivity index (χ1) is 14.0. The average molecular weight is 411 g/mol. The zero-order valence-corrected chi connectivity index (χ0v) is 19.2. The van der Waals surface area contributed by atoms with E-state index in [2.05, 4.69) is 11.4 Å². The van der Waals surface area contributed by atoms with Crippen molar-refractivity contribution in [3.63, 3.8) is 0 Å². The summed E-state index contributed by atoms with van der Waals surface area (Å²) in [6, 6.07) is 13.1. The van der Waals surface area contributed by atoms with E-state index in [0.717, 1.165) is 28.0 Å². The monoisotopic (exact) mass is 410 g/mol. The lowest BCUT2D eigenvalue weighted by Gasteiger charge is -2.31. The van der Waals surface area contributed by atoms with Crippen molar-refractivity contribution in [2.75, 3.05) is 7.11 Å². The normalized spacial score (nSPS) is 12.2. The molecule has 0 spiro atoms. The lowest BCUT2D eigenvalue weighted by atomic mass is 10.0. The van der Waals surface area contributed by atoms with E-state index < -0.39 is 6.04 Å². The number of carbonyl (C=O) groups is 2. The number of methoxy groups -OCH3 is 1. The fraction of sp³-hybridized carbons (Fsp3) is 0.440. The van der Waals surface area contributed by atoms with Gasteiger partial charge in [-0.15, -0.1) is 0 Å². The maximum Gasteiger partial charge on any atom is 0.242 e. The first kappa shape index (κ1) is 23.5. The summed E-state index contributed by atoms with van der Waals surface area (Å²) in [7, 11) is 1.61. The molecule has 1 N–H and O–H groups in total. The van der Waals surface area contributed by atoms with Gasteiger partial charge in [-0.1, -0.05) is 41.5 Å². The third-order valence-corrected chi connectivity index (χ3v) is 4.79. The molecule has 0 radical (unpaired) electrons. The molecule has 5 heteroatoms. The Balaban J connectivity index is 2.30. The minimum atomic E-state index is -0.603. The number of aryl methyl sites for hydroxylation is 2. The van der Waals surface area contributed by atoms with E-state index in [4.69, 9.17) is 4.74 Å². The number of benzene rings is 2.